The fourth-order valence-corrected chi connectivity index (χ4v) is 8.38. The Morgan fingerprint density at radius 1 is 0.466 bits per heavy atom. The number of allylic oxidation sites excluding steroid dienone is 14. The van der Waals surface area contributed by atoms with Gasteiger partial charge >= 0.3 is 5.97 Å². The maximum Gasteiger partial charge on any atom is 0.306 e. The third-order valence-electron chi connectivity index (χ3n) is 12.9. The Hall–Kier alpha value is -2.83. The van der Waals surface area contributed by atoms with E-state index >= 15 is 0 Å². The summed E-state index contributed by atoms with van der Waals surface area (Å²) in [6.07, 6.45) is 42.2. The smallest absolute Gasteiger partial charge is 0.306 e. The van der Waals surface area contributed by atoms with Gasteiger partial charge in [-0.3, -0.25) is 4.79 Å². The van der Waals surface area contributed by atoms with Crippen LogP contribution in [0.1, 0.15) is 181 Å². The number of hydrogen-bond donors (Lipinski definition) is 7. The van der Waals surface area contributed by atoms with E-state index in [9.17, 15) is 40.5 Å². The molecule has 2 aliphatic heterocycles. The quantitative estimate of drug-likeness (QED) is 0.0172. The van der Waals surface area contributed by atoms with E-state index in [4.69, 9.17) is 28.4 Å². The van der Waals surface area contributed by atoms with Gasteiger partial charge in [0.1, 0.15) is 54.9 Å². The molecule has 2 fully saturated rings. The first-order valence-corrected chi connectivity index (χ1v) is 28.2. The van der Waals surface area contributed by atoms with E-state index < -0.39 is 86.7 Å². The van der Waals surface area contributed by atoms with E-state index in [0.29, 0.717) is 13.0 Å². The number of esters is 1. The summed E-state index contributed by atoms with van der Waals surface area (Å²) in [5.41, 5.74) is 0. The van der Waals surface area contributed by atoms with Crippen molar-refractivity contribution in [2.24, 2.45) is 0 Å². The van der Waals surface area contributed by atoms with Crippen molar-refractivity contribution in [2.75, 3.05) is 33.0 Å². The molecule has 14 nitrogen and oxygen atoms in total. The van der Waals surface area contributed by atoms with Gasteiger partial charge in [-0.15, -0.1) is 0 Å². The van der Waals surface area contributed by atoms with Crippen LogP contribution in [0.2, 0.25) is 0 Å². The van der Waals surface area contributed by atoms with Crippen LogP contribution in [0.4, 0.5) is 0 Å². The molecule has 73 heavy (non-hydrogen) atoms. The van der Waals surface area contributed by atoms with Gasteiger partial charge in [0.2, 0.25) is 0 Å². The lowest BCUT2D eigenvalue weighted by Gasteiger charge is -2.42. The molecule has 14 heteroatoms. The minimum absolute atomic E-state index is 0.0285. The van der Waals surface area contributed by atoms with Gasteiger partial charge in [0.25, 0.3) is 0 Å². The van der Waals surface area contributed by atoms with Crippen molar-refractivity contribution in [3.05, 3.63) is 85.1 Å². The Balaban J connectivity index is 1.75. The Bertz CT molecular complexity index is 1530. The highest BCUT2D eigenvalue weighted by atomic mass is 16.7. The highest BCUT2D eigenvalue weighted by Gasteiger charge is 2.47. The molecule has 0 aromatic rings. The lowest BCUT2D eigenvalue weighted by molar-refractivity contribution is -0.332. The van der Waals surface area contributed by atoms with Crippen molar-refractivity contribution in [3.63, 3.8) is 0 Å². The highest BCUT2D eigenvalue weighted by Crippen LogP contribution is 2.26. The lowest BCUT2D eigenvalue weighted by atomic mass is 9.98. The molecule has 11 unspecified atom stereocenters. The summed E-state index contributed by atoms with van der Waals surface area (Å²) in [7, 11) is 0. The second-order valence-electron chi connectivity index (χ2n) is 19.4. The first-order chi connectivity index (χ1) is 35.6. The van der Waals surface area contributed by atoms with Crippen LogP contribution in [0.15, 0.2) is 85.1 Å². The molecule has 0 saturated carbocycles. The molecular formula is C59H100O14. The molecule has 11 atom stereocenters. The maximum atomic E-state index is 13.0. The zero-order chi connectivity index (χ0) is 53.0. The van der Waals surface area contributed by atoms with Crippen molar-refractivity contribution >= 4 is 5.97 Å². The fourth-order valence-electron chi connectivity index (χ4n) is 8.38. The van der Waals surface area contributed by atoms with Gasteiger partial charge in [-0.25, -0.2) is 0 Å². The molecule has 0 aromatic heterocycles. The van der Waals surface area contributed by atoms with Crippen molar-refractivity contribution in [1.29, 1.82) is 0 Å². The van der Waals surface area contributed by atoms with Gasteiger partial charge < -0.3 is 64.2 Å². The second-order valence-corrected chi connectivity index (χ2v) is 19.4. The number of carbonyl (C=O) groups is 1. The molecule has 420 valence electrons. The van der Waals surface area contributed by atoms with E-state index in [1.165, 1.54) is 70.6 Å². The summed E-state index contributed by atoms with van der Waals surface area (Å²) in [6.45, 7) is 3.46. The Morgan fingerprint density at radius 3 is 1.37 bits per heavy atom. The zero-order valence-electron chi connectivity index (χ0n) is 44.8. The molecule has 2 heterocycles. The summed E-state index contributed by atoms with van der Waals surface area (Å²) in [4.78, 5) is 13.0. The van der Waals surface area contributed by atoms with E-state index in [1.807, 2.05) is 0 Å². The first-order valence-electron chi connectivity index (χ1n) is 28.2. The zero-order valence-corrected chi connectivity index (χ0v) is 44.8. The van der Waals surface area contributed by atoms with Crippen molar-refractivity contribution < 1.29 is 69.0 Å². The predicted octanol–water partition coefficient (Wildman–Crippen LogP) is 9.63. The molecular weight excluding hydrogens is 933 g/mol. The van der Waals surface area contributed by atoms with Crippen LogP contribution < -0.4 is 0 Å². The minimum Gasteiger partial charge on any atom is -0.457 e. The molecule has 2 saturated heterocycles. The molecule has 2 aliphatic rings. The van der Waals surface area contributed by atoms with E-state index in [-0.39, 0.29) is 19.6 Å². The van der Waals surface area contributed by atoms with Crippen molar-refractivity contribution in [3.8, 4) is 0 Å². The summed E-state index contributed by atoms with van der Waals surface area (Å²) < 4.78 is 34.3. The standard InChI is InChI=1S/C59H100O14/c1-3-5-7-9-11-13-15-17-19-20-21-22-23-24-25-26-27-29-31-33-35-37-39-41-43-68-45-48(71-51(61)42-40-38-36-34-32-30-28-18-16-14-12-10-8-6-4-2)46-69-58-57(67)55(65)53(63)50(73-58)47-70-59-56(66)54(64)52(62)49(44-60)72-59/h5,7,11,13,17,19,21-22,24-25,27,29,33,35,48-50,52-60,62-67H,3-4,6,8-10,12,14-16,18,20,23,26,28,30-32,34,36-47H2,1-2H3/b7-5-,13-11-,19-17-,22-21-,25-24-,29-27-,35-33-. The fraction of sp³-hybridized carbons (Fsp3) is 0.746. The third kappa shape index (κ3) is 32.4. The second kappa shape index (κ2) is 45.4. The van der Waals surface area contributed by atoms with Crippen LogP contribution in [-0.2, 0) is 33.2 Å². The van der Waals surface area contributed by atoms with Gasteiger partial charge in [0.05, 0.1) is 26.4 Å². The topological polar surface area (TPSA) is 214 Å². The number of ether oxygens (including phenoxy) is 6. The summed E-state index contributed by atoms with van der Waals surface area (Å²) in [5.74, 6) is -0.393. The van der Waals surface area contributed by atoms with Crippen molar-refractivity contribution in [1.82, 2.24) is 0 Å². The predicted molar refractivity (Wildman–Crippen MR) is 288 cm³/mol. The van der Waals surface area contributed by atoms with E-state index in [0.717, 1.165) is 83.5 Å². The monoisotopic (exact) mass is 1030 g/mol. The van der Waals surface area contributed by atoms with Gasteiger partial charge in [0.15, 0.2) is 12.6 Å². The van der Waals surface area contributed by atoms with Gasteiger partial charge in [-0.2, -0.15) is 0 Å². The average molecular weight is 1030 g/mol. The number of unbranched alkanes of at least 4 members (excludes halogenated alkanes) is 16. The van der Waals surface area contributed by atoms with Gasteiger partial charge in [-0.1, -0.05) is 189 Å². The average Bonchev–Trinajstić information content (AvgIpc) is 3.39. The van der Waals surface area contributed by atoms with Gasteiger partial charge in [0, 0.05) is 13.0 Å². The molecule has 0 amide bonds. The molecule has 0 spiro atoms. The molecule has 0 aromatic carbocycles. The normalized spacial score (nSPS) is 25.6. The summed E-state index contributed by atoms with van der Waals surface area (Å²) in [6, 6.07) is 0. The number of aliphatic hydroxyl groups excluding tert-OH is 7. The van der Waals surface area contributed by atoms with Crippen LogP contribution in [0.25, 0.3) is 0 Å². The van der Waals surface area contributed by atoms with Crippen LogP contribution in [0.5, 0.6) is 0 Å². The summed E-state index contributed by atoms with van der Waals surface area (Å²) in [5, 5.41) is 72.3. The number of hydrogen-bond acceptors (Lipinski definition) is 14. The number of rotatable bonds is 44. The number of carbonyl (C=O) groups excluding carboxylic acids is 1. The molecule has 0 radical (unpaired) electrons. The lowest BCUT2D eigenvalue weighted by Crippen LogP contribution is -2.61. The van der Waals surface area contributed by atoms with Gasteiger partial charge in [-0.05, 0) is 70.6 Å². The maximum absolute atomic E-state index is 13.0. The van der Waals surface area contributed by atoms with Crippen LogP contribution in [0, 0.1) is 0 Å². The van der Waals surface area contributed by atoms with Crippen LogP contribution >= 0.6 is 0 Å². The van der Waals surface area contributed by atoms with E-state index in [2.05, 4.69) is 98.9 Å². The van der Waals surface area contributed by atoms with Crippen LogP contribution in [-0.4, -0.2) is 142 Å². The van der Waals surface area contributed by atoms with Crippen LogP contribution in [0.3, 0.4) is 0 Å². The third-order valence-corrected chi connectivity index (χ3v) is 12.9. The molecule has 0 aliphatic carbocycles. The SMILES string of the molecule is CC/C=C\C/C=C\C/C=C\C/C=C\C/C=C\C/C=C\C/C=C\CCCCOCC(COC1OC(COC2OC(CO)C(O)C(O)C2O)C(O)C(O)C1O)OC(=O)CCCCCCCCCCCCCCCCC. The largest absolute Gasteiger partial charge is 0.457 e. The summed E-state index contributed by atoms with van der Waals surface area (Å²) >= 11 is 0. The first kappa shape index (κ1) is 66.3. The Labute approximate surface area is 439 Å². The van der Waals surface area contributed by atoms with E-state index in [1.54, 1.807) is 0 Å². The Morgan fingerprint density at radius 2 is 0.890 bits per heavy atom. The highest BCUT2D eigenvalue weighted by molar-refractivity contribution is 5.69. The Kier molecular flexibility index (Phi) is 41.2. The number of aliphatic hydroxyl groups is 7. The molecule has 0 bridgehead atoms. The molecule has 2 rings (SSSR count). The minimum atomic E-state index is -1.72. The van der Waals surface area contributed by atoms with Crippen molar-refractivity contribution in [2.45, 2.75) is 248 Å². The molecule has 7 N–H and O–H groups in total.